The van der Waals surface area contributed by atoms with Crippen molar-refractivity contribution in [2.75, 3.05) is 0 Å². The monoisotopic (exact) mass is 376 g/mol. The van der Waals surface area contributed by atoms with E-state index >= 15 is 0 Å². The molecule has 0 bridgehead atoms. The van der Waals surface area contributed by atoms with Gasteiger partial charge >= 0.3 is 0 Å². The molecule has 0 spiro atoms. The zero-order valence-electron chi connectivity index (χ0n) is 16.9. The van der Waals surface area contributed by atoms with Crippen molar-refractivity contribution in [3.8, 4) is 0 Å². The van der Waals surface area contributed by atoms with Crippen molar-refractivity contribution in [3.63, 3.8) is 0 Å². The molecule has 1 saturated carbocycles. The molecule has 0 radical (unpaired) electrons. The Morgan fingerprint density at radius 1 is 1.18 bits per heavy atom. The zero-order valence-corrected chi connectivity index (χ0v) is 16.9. The first-order valence-electron chi connectivity index (χ1n) is 10.2. The summed E-state index contributed by atoms with van der Waals surface area (Å²) in [6.07, 6.45) is 7.14. The summed E-state index contributed by atoms with van der Waals surface area (Å²) in [5.74, 6) is 0.462. The third kappa shape index (κ3) is 3.53. The number of aryl methyl sites for hydroxylation is 2. The second-order valence-corrected chi connectivity index (χ2v) is 8.06. The van der Waals surface area contributed by atoms with Gasteiger partial charge in [-0.25, -0.2) is 9.50 Å². The normalized spacial score (nSPS) is 19.7. The van der Waals surface area contributed by atoms with Gasteiger partial charge in [-0.1, -0.05) is 50.1 Å². The van der Waals surface area contributed by atoms with E-state index in [1.165, 1.54) is 24.8 Å². The van der Waals surface area contributed by atoms with Gasteiger partial charge in [0.05, 0.1) is 6.20 Å². The topological polar surface area (TPSA) is 59.3 Å². The number of nitrogens with one attached hydrogen (secondary N) is 1. The lowest BCUT2D eigenvalue weighted by Crippen LogP contribution is -2.41. The van der Waals surface area contributed by atoms with Crippen molar-refractivity contribution >= 4 is 11.6 Å². The van der Waals surface area contributed by atoms with Gasteiger partial charge in [0.15, 0.2) is 5.65 Å². The first-order chi connectivity index (χ1) is 13.5. The van der Waals surface area contributed by atoms with Gasteiger partial charge in [0.2, 0.25) is 0 Å². The summed E-state index contributed by atoms with van der Waals surface area (Å²) in [6.45, 7) is 6.30. The van der Waals surface area contributed by atoms with Crippen LogP contribution in [0.1, 0.15) is 65.5 Å². The molecule has 0 saturated heterocycles. The molecule has 2 aromatic heterocycles. The lowest BCUT2D eigenvalue weighted by molar-refractivity contribution is 0.0912. The van der Waals surface area contributed by atoms with Crippen LogP contribution in [0.2, 0.25) is 0 Å². The number of fused-ring (bicyclic) bond motifs is 1. The summed E-state index contributed by atoms with van der Waals surface area (Å²) in [5.41, 5.74) is 5.61. The van der Waals surface area contributed by atoms with E-state index < -0.39 is 0 Å². The summed E-state index contributed by atoms with van der Waals surface area (Å²) in [4.78, 5) is 17.7. The molecule has 1 N–H and O–H groups in total. The molecular weight excluding hydrogens is 348 g/mol. The van der Waals surface area contributed by atoms with Crippen LogP contribution in [0.25, 0.3) is 5.65 Å². The Bertz CT molecular complexity index is 993. The molecule has 5 nitrogen and oxygen atoms in total. The fourth-order valence-electron chi connectivity index (χ4n) is 4.30. The first kappa shape index (κ1) is 18.7. The van der Waals surface area contributed by atoms with Crippen LogP contribution in [-0.4, -0.2) is 26.5 Å². The molecule has 2 atom stereocenters. The van der Waals surface area contributed by atoms with E-state index in [9.17, 15) is 4.79 Å². The van der Waals surface area contributed by atoms with Crippen molar-refractivity contribution in [2.24, 2.45) is 5.92 Å². The number of hydrogen-bond acceptors (Lipinski definition) is 3. The Labute approximate surface area is 166 Å². The molecular formula is C23H28N4O. The quantitative estimate of drug-likeness (QED) is 0.741. The van der Waals surface area contributed by atoms with Crippen LogP contribution in [-0.2, 0) is 6.42 Å². The van der Waals surface area contributed by atoms with Crippen LogP contribution in [0.4, 0.5) is 0 Å². The lowest BCUT2D eigenvalue weighted by Gasteiger charge is -2.29. The van der Waals surface area contributed by atoms with Gasteiger partial charge in [-0.05, 0) is 43.7 Å². The number of rotatable bonds is 4. The van der Waals surface area contributed by atoms with E-state index in [4.69, 9.17) is 4.98 Å². The highest BCUT2D eigenvalue weighted by Gasteiger charge is 2.25. The maximum Gasteiger partial charge on any atom is 0.256 e. The third-order valence-corrected chi connectivity index (χ3v) is 6.10. The molecule has 1 amide bonds. The van der Waals surface area contributed by atoms with Crippen molar-refractivity contribution in [2.45, 2.75) is 58.9 Å². The number of aromatic nitrogens is 3. The second kappa shape index (κ2) is 7.74. The molecule has 2 unspecified atom stereocenters. The summed E-state index contributed by atoms with van der Waals surface area (Å²) >= 11 is 0. The van der Waals surface area contributed by atoms with Gasteiger partial charge in [0.25, 0.3) is 5.91 Å². The molecule has 1 fully saturated rings. The van der Waals surface area contributed by atoms with Crippen LogP contribution in [0.5, 0.6) is 0 Å². The molecule has 3 aromatic rings. The minimum atomic E-state index is -0.0594. The van der Waals surface area contributed by atoms with Gasteiger partial charge in [-0.3, -0.25) is 4.79 Å². The van der Waals surface area contributed by atoms with Gasteiger partial charge in [-0.2, -0.15) is 5.10 Å². The molecule has 1 aromatic carbocycles. The highest BCUT2D eigenvalue weighted by atomic mass is 16.1. The molecule has 1 aliphatic carbocycles. The average molecular weight is 377 g/mol. The standard InChI is InChI=1S/C23H28N4O/c1-15-9-7-8-12-21(15)26-23(28)20-14-24-27-17(3)19(16(2)25-22(20)27)13-18-10-5-4-6-11-18/h4-6,10-11,14-15,21H,7-9,12-13H2,1-3H3,(H,26,28). The zero-order chi connectivity index (χ0) is 19.7. The summed E-state index contributed by atoms with van der Waals surface area (Å²) < 4.78 is 1.81. The fourth-order valence-corrected chi connectivity index (χ4v) is 4.30. The van der Waals surface area contributed by atoms with Crippen LogP contribution in [0.3, 0.4) is 0 Å². The predicted octanol–water partition coefficient (Wildman–Crippen LogP) is 4.25. The van der Waals surface area contributed by atoms with E-state index in [0.29, 0.717) is 17.1 Å². The molecule has 146 valence electrons. The SMILES string of the molecule is Cc1nc2c(C(=O)NC3CCCCC3C)cnn2c(C)c1Cc1ccccc1. The number of nitrogens with zero attached hydrogens (tertiary/aromatic N) is 3. The lowest BCUT2D eigenvalue weighted by atomic mass is 9.86. The minimum Gasteiger partial charge on any atom is -0.349 e. The summed E-state index contributed by atoms with van der Waals surface area (Å²) in [7, 11) is 0. The van der Waals surface area contributed by atoms with E-state index in [1.807, 2.05) is 17.5 Å². The van der Waals surface area contributed by atoms with E-state index in [0.717, 1.165) is 29.8 Å². The van der Waals surface area contributed by atoms with Gasteiger partial charge < -0.3 is 5.32 Å². The Morgan fingerprint density at radius 3 is 2.68 bits per heavy atom. The Hall–Kier alpha value is -2.69. The molecule has 2 heterocycles. The third-order valence-electron chi connectivity index (χ3n) is 6.10. The number of carbonyl (C=O) groups is 1. The van der Waals surface area contributed by atoms with Crippen LogP contribution < -0.4 is 5.32 Å². The number of benzene rings is 1. The molecule has 1 aliphatic rings. The summed E-state index contributed by atoms with van der Waals surface area (Å²) in [6, 6.07) is 10.6. The maximum absolute atomic E-state index is 12.9. The van der Waals surface area contributed by atoms with Crippen LogP contribution in [0.15, 0.2) is 36.5 Å². The molecule has 4 rings (SSSR count). The predicted molar refractivity (Wildman–Crippen MR) is 111 cm³/mol. The second-order valence-electron chi connectivity index (χ2n) is 8.06. The smallest absolute Gasteiger partial charge is 0.256 e. The molecule has 0 aliphatic heterocycles. The van der Waals surface area contributed by atoms with Gasteiger partial charge in [-0.15, -0.1) is 0 Å². The average Bonchev–Trinajstić information content (AvgIpc) is 3.12. The van der Waals surface area contributed by atoms with Gasteiger partial charge in [0.1, 0.15) is 5.56 Å². The maximum atomic E-state index is 12.9. The largest absolute Gasteiger partial charge is 0.349 e. The highest BCUT2D eigenvalue weighted by molar-refractivity contribution is 5.99. The van der Waals surface area contributed by atoms with Crippen molar-refractivity contribution in [3.05, 3.63) is 64.6 Å². The van der Waals surface area contributed by atoms with E-state index in [1.54, 1.807) is 6.20 Å². The molecule has 5 heteroatoms. The van der Waals surface area contributed by atoms with Crippen molar-refractivity contribution in [1.29, 1.82) is 0 Å². The van der Waals surface area contributed by atoms with Crippen LogP contribution >= 0.6 is 0 Å². The minimum absolute atomic E-state index is 0.0594. The molecule has 28 heavy (non-hydrogen) atoms. The van der Waals surface area contributed by atoms with E-state index in [2.05, 4.69) is 48.5 Å². The van der Waals surface area contributed by atoms with Crippen molar-refractivity contribution < 1.29 is 4.79 Å². The van der Waals surface area contributed by atoms with E-state index in [-0.39, 0.29) is 11.9 Å². The first-order valence-corrected chi connectivity index (χ1v) is 10.2. The fraction of sp³-hybridized carbons (Fsp3) is 0.435. The Morgan fingerprint density at radius 2 is 1.93 bits per heavy atom. The highest BCUT2D eigenvalue weighted by Crippen LogP contribution is 2.25. The van der Waals surface area contributed by atoms with Gasteiger partial charge in [0, 0.05) is 23.9 Å². The van der Waals surface area contributed by atoms with Crippen molar-refractivity contribution in [1.82, 2.24) is 19.9 Å². The van der Waals surface area contributed by atoms with Crippen LogP contribution in [0, 0.1) is 19.8 Å². The number of carbonyl (C=O) groups excluding carboxylic acids is 1. The Balaban J connectivity index is 1.64. The Kier molecular flexibility index (Phi) is 5.16. The number of hydrogen-bond donors (Lipinski definition) is 1. The number of amides is 1. The summed E-state index contributed by atoms with van der Waals surface area (Å²) in [5, 5.41) is 7.71.